The highest BCUT2D eigenvalue weighted by molar-refractivity contribution is 5.82. The Morgan fingerprint density at radius 2 is 2.11 bits per heavy atom. The minimum absolute atomic E-state index is 0.136. The van der Waals surface area contributed by atoms with Crippen molar-refractivity contribution in [2.45, 2.75) is 25.3 Å². The second-order valence-electron chi connectivity index (χ2n) is 5.24. The Balaban J connectivity index is 1.49. The number of ether oxygens (including phenoxy) is 2. The normalized spacial score (nSPS) is 22.6. The number of rotatable bonds is 3. The maximum absolute atomic E-state index is 12.0. The molecule has 1 N–H and O–H groups in total. The van der Waals surface area contributed by atoms with Crippen molar-refractivity contribution in [2.24, 2.45) is 5.92 Å². The molecule has 0 saturated carbocycles. The molecule has 19 heavy (non-hydrogen) atoms. The van der Waals surface area contributed by atoms with Crippen LogP contribution in [0.15, 0.2) is 24.3 Å². The fourth-order valence-corrected chi connectivity index (χ4v) is 2.65. The van der Waals surface area contributed by atoms with E-state index in [9.17, 15) is 4.79 Å². The Morgan fingerprint density at radius 3 is 2.89 bits per heavy atom. The molecule has 0 bridgehead atoms. The van der Waals surface area contributed by atoms with Gasteiger partial charge in [-0.15, -0.1) is 0 Å². The van der Waals surface area contributed by atoms with E-state index in [0.29, 0.717) is 12.5 Å². The standard InChI is InChI=1S/C15H19NO3/c17-15(19-10-11-5-7-18-8-6-11)14-9-12-3-1-2-4-13(12)16-14/h1-4,11,14,16H,5-10H2. The monoisotopic (exact) mass is 261 g/mol. The molecule has 4 nitrogen and oxygen atoms in total. The number of hydrogen-bond donors (Lipinski definition) is 1. The molecule has 2 heterocycles. The second kappa shape index (κ2) is 5.61. The Bertz CT molecular complexity index is 429. The fraction of sp³-hybridized carbons (Fsp3) is 0.533. The summed E-state index contributed by atoms with van der Waals surface area (Å²) < 4.78 is 10.7. The van der Waals surface area contributed by atoms with Crippen LogP contribution in [0.5, 0.6) is 0 Å². The van der Waals surface area contributed by atoms with E-state index in [1.165, 1.54) is 5.56 Å². The molecule has 0 amide bonds. The average molecular weight is 261 g/mol. The lowest BCUT2D eigenvalue weighted by Gasteiger charge is -2.22. The van der Waals surface area contributed by atoms with E-state index in [1.807, 2.05) is 24.3 Å². The molecular weight excluding hydrogens is 242 g/mol. The van der Waals surface area contributed by atoms with Gasteiger partial charge < -0.3 is 14.8 Å². The van der Waals surface area contributed by atoms with Crippen molar-refractivity contribution in [1.29, 1.82) is 0 Å². The lowest BCUT2D eigenvalue weighted by atomic mass is 10.0. The van der Waals surface area contributed by atoms with Crippen molar-refractivity contribution >= 4 is 11.7 Å². The number of para-hydroxylation sites is 1. The number of carbonyl (C=O) groups excluding carboxylic acids is 1. The quantitative estimate of drug-likeness (QED) is 0.845. The highest BCUT2D eigenvalue weighted by atomic mass is 16.5. The van der Waals surface area contributed by atoms with Crippen molar-refractivity contribution in [3.05, 3.63) is 29.8 Å². The molecule has 102 valence electrons. The molecule has 0 spiro atoms. The maximum atomic E-state index is 12.0. The third-order valence-corrected chi connectivity index (χ3v) is 3.86. The summed E-state index contributed by atoms with van der Waals surface area (Å²) in [6, 6.07) is 7.80. The van der Waals surface area contributed by atoms with Gasteiger partial charge in [-0.3, -0.25) is 0 Å². The van der Waals surface area contributed by atoms with Gasteiger partial charge in [0, 0.05) is 25.3 Å². The number of benzene rings is 1. The zero-order valence-corrected chi connectivity index (χ0v) is 10.9. The Hall–Kier alpha value is -1.55. The first-order chi connectivity index (χ1) is 9.33. The van der Waals surface area contributed by atoms with Crippen LogP contribution in [0.1, 0.15) is 18.4 Å². The predicted octanol–water partition coefficient (Wildman–Crippen LogP) is 1.99. The van der Waals surface area contributed by atoms with E-state index in [4.69, 9.17) is 9.47 Å². The van der Waals surface area contributed by atoms with E-state index in [0.717, 1.165) is 38.2 Å². The lowest BCUT2D eigenvalue weighted by Crippen LogP contribution is -2.31. The van der Waals surface area contributed by atoms with Crippen molar-refractivity contribution in [1.82, 2.24) is 0 Å². The summed E-state index contributed by atoms with van der Waals surface area (Å²) in [7, 11) is 0. The summed E-state index contributed by atoms with van der Waals surface area (Å²) in [6.07, 6.45) is 2.71. The number of anilines is 1. The maximum Gasteiger partial charge on any atom is 0.328 e. The van der Waals surface area contributed by atoms with Gasteiger partial charge in [0.15, 0.2) is 0 Å². The first-order valence-corrected chi connectivity index (χ1v) is 6.92. The molecule has 1 aromatic carbocycles. The SMILES string of the molecule is O=C(OCC1CCOCC1)C1Cc2ccccc2N1. The number of carbonyl (C=O) groups is 1. The summed E-state index contributed by atoms with van der Waals surface area (Å²) in [5, 5.41) is 3.22. The molecule has 1 aromatic rings. The number of nitrogens with one attached hydrogen (secondary N) is 1. The van der Waals surface area contributed by atoms with Gasteiger partial charge in [-0.05, 0) is 30.4 Å². The van der Waals surface area contributed by atoms with Gasteiger partial charge in [-0.2, -0.15) is 0 Å². The van der Waals surface area contributed by atoms with Gasteiger partial charge >= 0.3 is 5.97 Å². The largest absolute Gasteiger partial charge is 0.464 e. The van der Waals surface area contributed by atoms with Crippen molar-refractivity contribution in [2.75, 3.05) is 25.1 Å². The van der Waals surface area contributed by atoms with Gasteiger partial charge in [0.2, 0.25) is 0 Å². The zero-order chi connectivity index (χ0) is 13.1. The van der Waals surface area contributed by atoms with Crippen LogP contribution in [0, 0.1) is 5.92 Å². The van der Waals surface area contributed by atoms with Crippen LogP contribution in [0.2, 0.25) is 0 Å². The van der Waals surface area contributed by atoms with Gasteiger partial charge in [-0.25, -0.2) is 4.79 Å². The molecule has 4 heteroatoms. The Kier molecular flexibility index (Phi) is 3.69. The summed E-state index contributed by atoms with van der Waals surface area (Å²) in [4.78, 5) is 12.0. The third-order valence-electron chi connectivity index (χ3n) is 3.86. The molecule has 0 radical (unpaired) electrons. The molecule has 0 aromatic heterocycles. The summed E-state index contributed by atoms with van der Waals surface area (Å²) in [6.45, 7) is 2.10. The molecule has 1 atom stereocenters. The topological polar surface area (TPSA) is 47.6 Å². The molecule has 2 aliphatic rings. The van der Waals surface area contributed by atoms with E-state index in [-0.39, 0.29) is 12.0 Å². The third kappa shape index (κ3) is 2.89. The van der Waals surface area contributed by atoms with Crippen LogP contribution in [-0.2, 0) is 20.7 Å². The molecule has 1 saturated heterocycles. The van der Waals surface area contributed by atoms with Gasteiger partial charge in [0.25, 0.3) is 0 Å². The average Bonchev–Trinajstić information content (AvgIpc) is 2.90. The number of hydrogen-bond acceptors (Lipinski definition) is 4. The van der Waals surface area contributed by atoms with E-state index >= 15 is 0 Å². The lowest BCUT2D eigenvalue weighted by molar-refractivity contribution is -0.146. The second-order valence-corrected chi connectivity index (χ2v) is 5.24. The first-order valence-electron chi connectivity index (χ1n) is 6.92. The molecule has 1 fully saturated rings. The fourth-order valence-electron chi connectivity index (χ4n) is 2.65. The van der Waals surface area contributed by atoms with Crippen LogP contribution >= 0.6 is 0 Å². The minimum Gasteiger partial charge on any atom is -0.464 e. The molecule has 2 aliphatic heterocycles. The molecule has 0 aliphatic carbocycles. The predicted molar refractivity (Wildman–Crippen MR) is 72.1 cm³/mol. The van der Waals surface area contributed by atoms with Crippen LogP contribution in [0.4, 0.5) is 5.69 Å². The summed E-state index contributed by atoms with van der Waals surface area (Å²) >= 11 is 0. The van der Waals surface area contributed by atoms with Crippen LogP contribution in [0.25, 0.3) is 0 Å². The minimum atomic E-state index is -0.225. The van der Waals surface area contributed by atoms with E-state index in [1.54, 1.807) is 0 Å². The Labute approximate surface area is 113 Å². The molecule has 1 unspecified atom stereocenters. The van der Waals surface area contributed by atoms with Gasteiger partial charge in [0.1, 0.15) is 6.04 Å². The van der Waals surface area contributed by atoms with E-state index in [2.05, 4.69) is 5.32 Å². The van der Waals surface area contributed by atoms with Gasteiger partial charge in [0.05, 0.1) is 6.61 Å². The number of fused-ring (bicyclic) bond motifs is 1. The highest BCUT2D eigenvalue weighted by Crippen LogP contribution is 2.26. The van der Waals surface area contributed by atoms with E-state index < -0.39 is 0 Å². The van der Waals surface area contributed by atoms with Crippen molar-refractivity contribution in [3.63, 3.8) is 0 Å². The van der Waals surface area contributed by atoms with Crippen molar-refractivity contribution in [3.8, 4) is 0 Å². The van der Waals surface area contributed by atoms with Crippen LogP contribution < -0.4 is 5.32 Å². The summed E-state index contributed by atoms with van der Waals surface area (Å²) in [5.74, 6) is 0.323. The van der Waals surface area contributed by atoms with Crippen LogP contribution in [-0.4, -0.2) is 31.8 Å². The molecule has 3 rings (SSSR count). The summed E-state index contributed by atoms with van der Waals surface area (Å²) in [5.41, 5.74) is 2.24. The zero-order valence-electron chi connectivity index (χ0n) is 10.9. The smallest absolute Gasteiger partial charge is 0.328 e. The Morgan fingerprint density at radius 1 is 1.32 bits per heavy atom. The highest BCUT2D eigenvalue weighted by Gasteiger charge is 2.28. The number of esters is 1. The molecular formula is C15H19NO3. The van der Waals surface area contributed by atoms with Crippen molar-refractivity contribution < 1.29 is 14.3 Å². The first kappa shape index (κ1) is 12.5. The van der Waals surface area contributed by atoms with Crippen LogP contribution in [0.3, 0.4) is 0 Å². The van der Waals surface area contributed by atoms with Gasteiger partial charge in [-0.1, -0.05) is 18.2 Å².